The zero-order chi connectivity index (χ0) is 27.5. The maximum Gasteiger partial charge on any atom is 0.283 e. The van der Waals surface area contributed by atoms with Crippen molar-refractivity contribution in [1.82, 2.24) is 0 Å². The summed E-state index contributed by atoms with van der Waals surface area (Å²) < 4.78 is 0. The van der Waals surface area contributed by atoms with E-state index in [1.165, 1.54) is 16.7 Å². The fourth-order valence-corrected chi connectivity index (χ4v) is 5.01. The molecule has 0 saturated carbocycles. The van der Waals surface area contributed by atoms with Gasteiger partial charge in [-0.1, -0.05) is 58.8 Å². The molecule has 0 atom stereocenters. The smallest absolute Gasteiger partial charge is 0.283 e. The topological polar surface area (TPSA) is 78.5 Å². The predicted molar refractivity (Wildman–Crippen MR) is 157 cm³/mol. The lowest BCUT2D eigenvalue weighted by molar-refractivity contribution is -0.120. The number of carbonyl (C=O) groups is 3. The average molecular weight is 554 g/mol. The number of thioether (sulfide) groups is 1. The standard InChI is InChI=1S/C31H24ClN3O3S/c1-19-3-11-23(12-4-19)33-27-28(31(38)35(30(27)37)25-15-5-20(2)6-16-25)39-26-17-13-24(14-18-26)34-29(36)21-7-9-22(32)10-8-21/h3-18,33H,1-2H3,(H,34,36). The van der Waals surface area contributed by atoms with Crippen LogP contribution in [-0.4, -0.2) is 17.7 Å². The minimum absolute atomic E-state index is 0.217. The second-order valence-corrected chi connectivity index (χ2v) is 10.6. The monoisotopic (exact) mass is 553 g/mol. The number of imide groups is 1. The van der Waals surface area contributed by atoms with Crippen LogP contribution in [0, 0.1) is 13.8 Å². The van der Waals surface area contributed by atoms with Crippen molar-refractivity contribution in [3.8, 4) is 0 Å². The Morgan fingerprint density at radius 2 is 1.28 bits per heavy atom. The van der Waals surface area contributed by atoms with Crippen LogP contribution in [0.2, 0.25) is 5.02 Å². The molecule has 6 nitrogen and oxygen atoms in total. The van der Waals surface area contributed by atoms with Gasteiger partial charge in [0.1, 0.15) is 10.6 Å². The molecule has 0 saturated heterocycles. The maximum atomic E-state index is 13.6. The van der Waals surface area contributed by atoms with Gasteiger partial charge in [0.05, 0.1) is 5.69 Å². The number of nitrogens with one attached hydrogen (secondary N) is 2. The van der Waals surface area contributed by atoms with Crippen molar-refractivity contribution >= 4 is 58.1 Å². The van der Waals surface area contributed by atoms with Gasteiger partial charge in [0.25, 0.3) is 17.7 Å². The van der Waals surface area contributed by atoms with E-state index in [9.17, 15) is 14.4 Å². The van der Waals surface area contributed by atoms with Crippen molar-refractivity contribution in [2.45, 2.75) is 18.7 Å². The zero-order valence-electron chi connectivity index (χ0n) is 21.2. The lowest BCUT2D eigenvalue weighted by atomic mass is 10.2. The molecule has 0 spiro atoms. The van der Waals surface area contributed by atoms with Crippen molar-refractivity contribution in [2.75, 3.05) is 15.5 Å². The maximum absolute atomic E-state index is 13.6. The highest BCUT2D eigenvalue weighted by molar-refractivity contribution is 8.04. The number of benzene rings is 4. The van der Waals surface area contributed by atoms with Crippen LogP contribution in [0.25, 0.3) is 0 Å². The summed E-state index contributed by atoms with van der Waals surface area (Å²) in [6, 6.07) is 28.6. The van der Waals surface area contributed by atoms with Gasteiger partial charge >= 0.3 is 0 Å². The van der Waals surface area contributed by atoms with Gasteiger partial charge in [0.15, 0.2) is 0 Å². The quantitative estimate of drug-likeness (QED) is 0.237. The number of rotatable bonds is 7. The molecule has 0 radical (unpaired) electrons. The first kappa shape index (κ1) is 26.3. The summed E-state index contributed by atoms with van der Waals surface area (Å²) in [5.74, 6) is -1.08. The molecule has 5 rings (SSSR count). The molecule has 4 aromatic rings. The third-order valence-corrected chi connectivity index (χ3v) is 7.44. The number of hydrogen-bond acceptors (Lipinski definition) is 5. The molecule has 4 aromatic carbocycles. The van der Waals surface area contributed by atoms with Gasteiger partial charge in [-0.05, 0) is 86.6 Å². The second kappa shape index (κ2) is 11.2. The lowest BCUT2D eigenvalue weighted by Crippen LogP contribution is -2.32. The minimum Gasteiger partial charge on any atom is -0.350 e. The van der Waals surface area contributed by atoms with Crippen molar-refractivity contribution < 1.29 is 14.4 Å². The van der Waals surface area contributed by atoms with Crippen LogP contribution in [0.5, 0.6) is 0 Å². The molecule has 0 aliphatic carbocycles. The Kier molecular flexibility index (Phi) is 7.54. The predicted octanol–water partition coefficient (Wildman–Crippen LogP) is 7.20. The summed E-state index contributed by atoms with van der Waals surface area (Å²) in [5.41, 5.74) is 4.64. The van der Waals surface area contributed by atoms with Crippen LogP contribution in [0.4, 0.5) is 17.1 Å². The lowest BCUT2D eigenvalue weighted by Gasteiger charge is -2.15. The summed E-state index contributed by atoms with van der Waals surface area (Å²) >= 11 is 7.10. The van der Waals surface area contributed by atoms with Crippen LogP contribution in [-0.2, 0) is 9.59 Å². The Morgan fingerprint density at radius 1 is 0.718 bits per heavy atom. The minimum atomic E-state index is -0.418. The van der Waals surface area contributed by atoms with Gasteiger partial charge in [-0.3, -0.25) is 14.4 Å². The first-order valence-electron chi connectivity index (χ1n) is 12.2. The van der Waals surface area contributed by atoms with E-state index in [1.807, 2.05) is 50.2 Å². The van der Waals surface area contributed by atoms with E-state index >= 15 is 0 Å². The molecule has 3 amide bonds. The van der Waals surface area contributed by atoms with Crippen LogP contribution >= 0.6 is 23.4 Å². The molecule has 0 aromatic heterocycles. The van der Waals surface area contributed by atoms with E-state index in [0.717, 1.165) is 16.0 Å². The fourth-order valence-electron chi connectivity index (χ4n) is 3.95. The van der Waals surface area contributed by atoms with E-state index in [2.05, 4.69) is 10.6 Å². The van der Waals surface area contributed by atoms with Gasteiger partial charge in [-0.15, -0.1) is 0 Å². The van der Waals surface area contributed by atoms with Crippen LogP contribution in [0.3, 0.4) is 0 Å². The Labute approximate surface area is 235 Å². The number of nitrogens with zero attached hydrogens (tertiary/aromatic N) is 1. The van der Waals surface area contributed by atoms with E-state index in [-0.39, 0.29) is 11.6 Å². The summed E-state index contributed by atoms with van der Waals surface area (Å²) in [6.07, 6.45) is 0. The van der Waals surface area contributed by atoms with Gasteiger partial charge in [-0.2, -0.15) is 0 Å². The van der Waals surface area contributed by atoms with Crippen molar-refractivity contribution in [1.29, 1.82) is 0 Å². The van der Waals surface area contributed by atoms with E-state index in [4.69, 9.17) is 11.6 Å². The molecule has 2 N–H and O–H groups in total. The molecule has 8 heteroatoms. The Balaban J connectivity index is 1.40. The first-order valence-corrected chi connectivity index (χ1v) is 13.4. The molecule has 0 bridgehead atoms. The highest BCUT2D eigenvalue weighted by Crippen LogP contribution is 2.38. The van der Waals surface area contributed by atoms with E-state index in [1.54, 1.807) is 60.7 Å². The van der Waals surface area contributed by atoms with Gasteiger partial charge in [0.2, 0.25) is 0 Å². The summed E-state index contributed by atoms with van der Waals surface area (Å²) in [7, 11) is 0. The molecule has 1 heterocycles. The third kappa shape index (κ3) is 5.90. The molecular formula is C31H24ClN3O3S. The van der Waals surface area contributed by atoms with Gasteiger partial charge in [-0.25, -0.2) is 4.90 Å². The molecule has 194 valence electrons. The molecule has 1 aliphatic rings. The number of amides is 3. The first-order chi connectivity index (χ1) is 18.8. The Morgan fingerprint density at radius 3 is 1.90 bits per heavy atom. The normalized spacial score (nSPS) is 13.2. The van der Waals surface area contributed by atoms with E-state index in [0.29, 0.717) is 32.6 Å². The van der Waals surface area contributed by atoms with Crippen molar-refractivity contribution in [2.24, 2.45) is 0 Å². The molecule has 0 unspecified atom stereocenters. The highest BCUT2D eigenvalue weighted by atomic mass is 35.5. The molecule has 39 heavy (non-hydrogen) atoms. The number of anilines is 3. The zero-order valence-corrected chi connectivity index (χ0v) is 22.8. The number of carbonyl (C=O) groups excluding carboxylic acids is 3. The summed E-state index contributed by atoms with van der Waals surface area (Å²) in [4.78, 5) is 41.9. The Bertz CT molecular complexity index is 1580. The Hall–Kier alpha value is -4.33. The van der Waals surface area contributed by atoms with Crippen LogP contribution in [0.1, 0.15) is 21.5 Å². The van der Waals surface area contributed by atoms with Crippen molar-refractivity contribution in [3.63, 3.8) is 0 Å². The molecule has 0 fully saturated rings. The van der Waals surface area contributed by atoms with Crippen molar-refractivity contribution in [3.05, 3.63) is 129 Å². The summed E-state index contributed by atoms with van der Waals surface area (Å²) in [5, 5.41) is 6.57. The average Bonchev–Trinajstić information content (AvgIpc) is 3.15. The fraction of sp³-hybridized carbons (Fsp3) is 0.0645. The number of aryl methyl sites for hydroxylation is 2. The summed E-state index contributed by atoms with van der Waals surface area (Å²) in [6.45, 7) is 3.93. The molecular weight excluding hydrogens is 530 g/mol. The van der Waals surface area contributed by atoms with E-state index < -0.39 is 11.8 Å². The van der Waals surface area contributed by atoms with Gasteiger partial charge < -0.3 is 10.6 Å². The number of halogens is 1. The SMILES string of the molecule is Cc1ccc(NC2=C(Sc3ccc(NC(=O)c4ccc(Cl)cc4)cc3)C(=O)N(c3ccc(C)cc3)C2=O)cc1. The largest absolute Gasteiger partial charge is 0.350 e. The van der Waals surface area contributed by atoms with Crippen LogP contribution < -0.4 is 15.5 Å². The third-order valence-electron chi connectivity index (χ3n) is 6.09. The highest BCUT2D eigenvalue weighted by Gasteiger charge is 2.40. The van der Waals surface area contributed by atoms with Gasteiger partial charge in [0, 0.05) is 26.9 Å². The second-order valence-electron chi connectivity index (χ2n) is 9.06. The number of hydrogen-bond donors (Lipinski definition) is 2. The molecule has 1 aliphatic heterocycles. The van der Waals surface area contributed by atoms with Crippen LogP contribution in [0.15, 0.2) is 113 Å².